The molecular formula is C13H18N4. The Morgan fingerprint density at radius 2 is 2.06 bits per heavy atom. The number of aliphatic imine (C=N–C) groups is 1. The minimum absolute atomic E-state index is 0.240. The van der Waals surface area contributed by atoms with Gasteiger partial charge in [-0.05, 0) is 45.4 Å². The van der Waals surface area contributed by atoms with Gasteiger partial charge in [0, 0.05) is 5.69 Å². The summed E-state index contributed by atoms with van der Waals surface area (Å²) in [6.07, 6.45) is 1.88. The number of hydrogen-bond acceptors (Lipinski definition) is 2. The Morgan fingerprint density at radius 3 is 2.59 bits per heavy atom. The number of nitrogens with one attached hydrogen (secondary N) is 2. The zero-order valence-corrected chi connectivity index (χ0v) is 10.7. The predicted octanol–water partition coefficient (Wildman–Crippen LogP) is 2.63. The zero-order chi connectivity index (χ0) is 12.9. The summed E-state index contributed by atoms with van der Waals surface area (Å²) in [5, 5.41) is 14.3. The van der Waals surface area contributed by atoms with Gasteiger partial charge in [0.15, 0.2) is 6.19 Å². The number of nitrogens with zero attached hydrogens (tertiary/aromatic N) is 2. The molecule has 0 aromatic heterocycles. The lowest BCUT2D eigenvalue weighted by molar-refractivity contribution is 0.581. The normalized spacial score (nSPS) is 11.8. The van der Waals surface area contributed by atoms with Gasteiger partial charge in [0.05, 0.1) is 5.54 Å². The summed E-state index contributed by atoms with van der Waals surface area (Å²) in [6.45, 7) is 7.95. The lowest BCUT2D eigenvalue weighted by Gasteiger charge is -2.16. The van der Waals surface area contributed by atoms with E-state index in [4.69, 9.17) is 5.26 Å². The quantitative estimate of drug-likeness (QED) is 0.337. The van der Waals surface area contributed by atoms with Gasteiger partial charge in [-0.15, -0.1) is 0 Å². The fourth-order valence-electron chi connectivity index (χ4n) is 1.34. The Morgan fingerprint density at radius 1 is 1.35 bits per heavy atom. The molecule has 1 aromatic carbocycles. The highest BCUT2D eigenvalue weighted by Gasteiger charge is 2.10. The summed E-state index contributed by atoms with van der Waals surface area (Å²) in [6, 6.07) is 7.91. The average Bonchev–Trinajstić information content (AvgIpc) is 2.15. The minimum atomic E-state index is -0.240. The number of benzene rings is 1. The van der Waals surface area contributed by atoms with Crippen LogP contribution in [0.1, 0.15) is 26.3 Å². The van der Waals surface area contributed by atoms with Gasteiger partial charge in [0.25, 0.3) is 0 Å². The van der Waals surface area contributed by atoms with Crippen LogP contribution in [0, 0.1) is 18.4 Å². The summed E-state index contributed by atoms with van der Waals surface area (Å²) in [5.41, 5.74) is 1.83. The Kier molecular flexibility index (Phi) is 4.11. The van der Waals surface area contributed by atoms with Gasteiger partial charge in [0.2, 0.25) is 5.96 Å². The van der Waals surface area contributed by atoms with Crippen LogP contribution in [0.2, 0.25) is 0 Å². The Balaban J connectivity index is 2.89. The monoisotopic (exact) mass is 230 g/mol. The lowest BCUT2D eigenvalue weighted by Crippen LogP contribution is -2.30. The van der Waals surface area contributed by atoms with Crippen molar-refractivity contribution < 1.29 is 0 Å². The van der Waals surface area contributed by atoms with Crippen molar-refractivity contribution in [3.05, 3.63) is 29.8 Å². The van der Waals surface area contributed by atoms with Crippen LogP contribution in [0.25, 0.3) is 0 Å². The number of nitriles is 1. The second-order valence-corrected chi connectivity index (χ2v) is 4.86. The Labute approximate surface area is 102 Å². The molecule has 0 radical (unpaired) electrons. The molecule has 4 heteroatoms. The summed E-state index contributed by atoms with van der Waals surface area (Å²) >= 11 is 0. The van der Waals surface area contributed by atoms with Gasteiger partial charge >= 0.3 is 0 Å². The molecular weight excluding hydrogens is 212 g/mol. The third-order valence-electron chi connectivity index (χ3n) is 1.90. The van der Waals surface area contributed by atoms with E-state index in [9.17, 15) is 0 Å². The molecule has 0 saturated heterocycles. The molecule has 0 aliphatic carbocycles. The maximum absolute atomic E-state index is 8.68. The number of hydrogen-bond donors (Lipinski definition) is 2. The van der Waals surface area contributed by atoms with E-state index in [1.165, 1.54) is 0 Å². The first-order chi connectivity index (χ1) is 7.90. The van der Waals surface area contributed by atoms with E-state index in [0.717, 1.165) is 11.3 Å². The zero-order valence-electron chi connectivity index (χ0n) is 10.7. The molecule has 2 N–H and O–H groups in total. The van der Waals surface area contributed by atoms with Crippen LogP contribution >= 0.6 is 0 Å². The van der Waals surface area contributed by atoms with E-state index in [0.29, 0.717) is 5.96 Å². The molecule has 0 bridgehead atoms. The lowest BCUT2D eigenvalue weighted by atomic mass is 10.1. The second kappa shape index (κ2) is 5.35. The van der Waals surface area contributed by atoms with Crippen LogP contribution in [0.15, 0.2) is 29.3 Å². The number of guanidine groups is 1. The largest absolute Gasteiger partial charge is 0.326 e. The van der Waals surface area contributed by atoms with Crippen molar-refractivity contribution in [2.24, 2.45) is 4.99 Å². The molecule has 0 amide bonds. The van der Waals surface area contributed by atoms with Crippen LogP contribution in [0.4, 0.5) is 5.69 Å². The molecule has 4 nitrogen and oxygen atoms in total. The van der Waals surface area contributed by atoms with Crippen LogP contribution in [0.5, 0.6) is 0 Å². The first kappa shape index (κ1) is 13.0. The number of aryl methyl sites for hydroxylation is 1. The minimum Gasteiger partial charge on any atom is -0.326 e. The van der Waals surface area contributed by atoms with Gasteiger partial charge in [-0.1, -0.05) is 12.1 Å². The first-order valence-electron chi connectivity index (χ1n) is 5.49. The van der Waals surface area contributed by atoms with Gasteiger partial charge in [-0.2, -0.15) is 5.26 Å². The molecule has 90 valence electrons. The molecule has 0 heterocycles. The molecule has 0 spiro atoms. The molecule has 0 atom stereocenters. The fourth-order valence-corrected chi connectivity index (χ4v) is 1.34. The van der Waals surface area contributed by atoms with Crippen LogP contribution in [-0.2, 0) is 0 Å². The summed E-state index contributed by atoms with van der Waals surface area (Å²) in [5.74, 6) is 0.464. The molecule has 0 aliphatic rings. The van der Waals surface area contributed by atoms with Gasteiger partial charge in [-0.3, -0.25) is 5.32 Å². The maximum Gasteiger partial charge on any atom is 0.209 e. The van der Waals surface area contributed by atoms with Crippen molar-refractivity contribution in [2.75, 3.05) is 5.32 Å². The number of anilines is 1. The molecule has 0 unspecified atom stereocenters. The van der Waals surface area contributed by atoms with E-state index in [2.05, 4.69) is 15.6 Å². The van der Waals surface area contributed by atoms with E-state index < -0.39 is 0 Å². The van der Waals surface area contributed by atoms with E-state index in [1.807, 2.05) is 58.2 Å². The number of rotatable bonds is 1. The smallest absolute Gasteiger partial charge is 0.209 e. The molecule has 17 heavy (non-hydrogen) atoms. The topological polar surface area (TPSA) is 60.2 Å². The molecule has 0 fully saturated rings. The van der Waals surface area contributed by atoms with Crippen LogP contribution in [-0.4, -0.2) is 11.5 Å². The van der Waals surface area contributed by atoms with Crippen molar-refractivity contribution in [1.29, 1.82) is 5.26 Å². The highest BCUT2D eigenvalue weighted by Crippen LogP contribution is 2.11. The second-order valence-electron chi connectivity index (χ2n) is 4.86. The standard InChI is InChI=1S/C13H18N4/c1-10-6-5-7-11(8-10)16-12(15-9-14)17-13(2,3)4/h5-8H,1-4H3,(H2,15,16,17). The summed E-state index contributed by atoms with van der Waals surface area (Å²) < 4.78 is 0. The Hall–Kier alpha value is -2.02. The van der Waals surface area contributed by atoms with E-state index >= 15 is 0 Å². The summed E-state index contributed by atoms with van der Waals surface area (Å²) in [7, 11) is 0. The van der Waals surface area contributed by atoms with Gasteiger partial charge < -0.3 is 5.32 Å². The Bertz CT molecular complexity index is 449. The van der Waals surface area contributed by atoms with Crippen molar-refractivity contribution in [2.45, 2.75) is 33.2 Å². The fraction of sp³-hybridized carbons (Fsp3) is 0.385. The van der Waals surface area contributed by atoms with Crippen molar-refractivity contribution in [3.63, 3.8) is 0 Å². The van der Waals surface area contributed by atoms with E-state index in [-0.39, 0.29) is 5.54 Å². The molecule has 0 aliphatic heterocycles. The predicted molar refractivity (Wildman–Crippen MR) is 70.7 cm³/mol. The third-order valence-corrected chi connectivity index (χ3v) is 1.90. The van der Waals surface area contributed by atoms with Crippen LogP contribution in [0.3, 0.4) is 0 Å². The molecule has 1 aromatic rings. The van der Waals surface area contributed by atoms with Gasteiger partial charge in [-0.25, -0.2) is 4.99 Å². The van der Waals surface area contributed by atoms with Gasteiger partial charge in [0.1, 0.15) is 0 Å². The third kappa shape index (κ3) is 5.03. The highest BCUT2D eigenvalue weighted by atomic mass is 15.2. The van der Waals surface area contributed by atoms with Crippen molar-refractivity contribution in [3.8, 4) is 6.19 Å². The van der Waals surface area contributed by atoms with Crippen molar-refractivity contribution >= 4 is 11.6 Å². The van der Waals surface area contributed by atoms with Crippen LogP contribution < -0.4 is 10.6 Å². The SMILES string of the molecule is Cc1cccc(NC(=NC(C)(C)C)NC#N)c1. The average molecular weight is 230 g/mol. The maximum atomic E-state index is 8.68. The van der Waals surface area contributed by atoms with E-state index in [1.54, 1.807) is 0 Å². The van der Waals surface area contributed by atoms with Crippen molar-refractivity contribution in [1.82, 2.24) is 5.32 Å². The molecule has 0 saturated carbocycles. The first-order valence-corrected chi connectivity index (χ1v) is 5.49. The molecule has 1 rings (SSSR count). The highest BCUT2D eigenvalue weighted by molar-refractivity contribution is 5.94. The summed E-state index contributed by atoms with van der Waals surface area (Å²) in [4.78, 5) is 4.40.